The van der Waals surface area contributed by atoms with Gasteiger partial charge in [-0.3, -0.25) is 19.7 Å². The summed E-state index contributed by atoms with van der Waals surface area (Å²) < 4.78 is 10.5. The molecule has 2 amide bonds. The van der Waals surface area contributed by atoms with Crippen LogP contribution in [0.25, 0.3) is 0 Å². The van der Waals surface area contributed by atoms with E-state index in [-0.39, 0.29) is 23.5 Å². The Balaban J connectivity index is 1.61. The summed E-state index contributed by atoms with van der Waals surface area (Å²) in [5.41, 5.74) is 3.04. The van der Waals surface area contributed by atoms with Gasteiger partial charge >= 0.3 is 17.8 Å². The van der Waals surface area contributed by atoms with Crippen molar-refractivity contribution < 1.29 is 28.8 Å². The predicted octanol–water partition coefficient (Wildman–Crippen LogP) is 2.98. The standard InChI is InChI=1S/C25H19N5O7/c1-36-22-14-17(8-11-21(22)37-25(33)19-4-2-3-5-20(19)30(34)35)15-27-29-24(32)23(31)28-18-9-6-16(7-10-18)12-13-26/h2-11,14-15H,12H2,1H3,(H,28,31)(H,29,32)/b27-15+. The normalized spacial score (nSPS) is 10.3. The van der Waals surface area contributed by atoms with Gasteiger partial charge in [0.2, 0.25) is 0 Å². The molecule has 0 bridgehead atoms. The molecule has 3 aromatic rings. The zero-order valence-corrected chi connectivity index (χ0v) is 19.3. The Morgan fingerprint density at radius 3 is 2.46 bits per heavy atom. The van der Waals surface area contributed by atoms with Crippen LogP contribution < -0.4 is 20.2 Å². The highest BCUT2D eigenvalue weighted by Crippen LogP contribution is 2.29. The molecule has 0 fully saturated rings. The average molecular weight is 501 g/mol. The van der Waals surface area contributed by atoms with Crippen LogP contribution in [0.4, 0.5) is 11.4 Å². The minimum absolute atomic E-state index is 0.00648. The zero-order chi connectivity index (χ0) is 26.8. The Kier molecular flexibility index (Phi) is 8.61. The van der Waals surface area contributed by atoms with Crippen molar-refractivity contribution in [3.8, 4) is 17.6 Å². The van der Waals surface area contributed by atoms with Crippen LogP contribution in [0, 0.1) is 21.4 Å². The molecule has 2 N–H and O–H groups in total. The summed E-state index contributed by atoms with van der Waals surface area (Å²) in [5.74, 6) is -2.77. The molecule has 0 spiro atoms. The third-order valence-corrected chi connectivity index (χ3v) is 4.79. The maximum atomic E-state index is 12.5. The number of hydrazone groups is 1. The van der Waals surface area contributed by atoms with Gasteiger partial charge in [-0.2, -0.15) is 10.4 Å². The third kappa shape index (κ3) is 6.96. The number of hydrogen-bond donors (Lipinski definition) is 2. The van der Waals surface area contributed by atoms with Crippen LogP contribution in [0.1, 0.15) is 21.5 Å². The number of nitriles is 1. The number of esters is 1. The minimum Gasteiger partial charge on any atom is -0.493 e. The first-order chi connectivity index (χ1) is 17.8. The number of benzene rings is 3. The number of methoxy groups -OCH3 is 1. The van der Waals surface area contributed by atoms with Crippen molar-refractivity contribution >= 4 is 35.4 Å². The molecule has 12 nitrogen and oxygen atoms in total. The van der Waals surface area contributed by atoms with E-state index >= 15 is 0 Å². The number of nitro benzene ring substituents is 1. The first-order valence-corrected chi connectivity index (χ1v) is 10.6. The van der Waals surface area contributed by atoms with Gasteiger partial charge < -0.3 is 14.8 Å². The van der Waals surface area contributed by atoms with Gasteiger partial charge in [0.25, 0.3) is 5.69 Å². The van der Waals surface area contributed by atoms with Gasteiger partial charge in [-0.1, -0.05) is 24.3 Å². The van der Waals surface area contributed by atoms with Crippen LogP contribution in [0.5, 0.6) is 11.5 Å². The minimum atomic E-state index is -1.01. The quantitative estimate of drug-likeness (QED) is 0.118. The Morgan fingerprint density at radius 1 is 1.05 bits per heavy atom. The summed E-state index contributed by atoms with van der Waals surface area (Å²) in [6.07, 6.45) is 1.46. The lowest BCUT2D eigenvalue weighted by atomic mass is 10.1. The topological polar surface area (TPSA) is 173 Å². The van der Waals surface area contributed by atoms with Gasteiger partial charge in [0.05, 0.1) is 30.7 Å². The third-order valence-electron chi connectivity index (χ3n) is 4.79. The molecule has 0 aliphatic carbocycles. The molecule has 0 aliphatic rings. The molecule has 186 valence electrons. The first-order valence-electron chi connectivity index (χ1n) is 10.6. The second-order valence-electron chi connectivity index (χ2n) is 7.26. The molecular weight excluding hydrogens is 482 g/mol. The summed E-state index contributed by atoms with van der Waals surface area (Å²) in [5, 5.41) is 26.0. The van der Waals surface area contributed by atoms with E-state index in [1.807, 2.05) is 6.07 Å². The van der Waals surface area contributed by atoms with Crippen molar-refractivity contribution in [2.45, 2.75) is 6.42 Å². The highest BCUT2D eigenvalue weighted by molar-refractivity contribution is 6.39. The molecular formula is C25H19N5O7. The number of anilines is 1. The lowest BCUT2D eigenvalue weighted by Crippen LogP contribution is -2.32. The number of carbonyl (C=O) groups is 3. The maximum absolute atomic E-state index is 12.5. The van der Waals surface area contributed by atoms with Crippen LogP contribution in [0.3, 0.4) is 0 Å². The fraction of sp³-hybridized carbons (Fsp3) is 0.0800. The van der Waals surface area contributed by atoms with Crippen molar-refractivity contribution in [1.29, 1.82) is 5.26 Å². The van der Waals surface area contributed by atoms with Crippen LogP contribution in [0.15, 0.2) is 71.8 Å². The number of para-hydroxylation sites is 1. The van der Waals surface area contributed by atoms with E-state index in [0.717, 1.165) is 5.56 Å². The van der Waals surface area contributed by atoms with E-state index in [1.54, 1.807) is 24.3 Å². The number of nitro groups is 1. The molecule has 0 radical (unpaired) electrons. The van der Waals surface area contributed by atoms with Gasteiger partial charge in [-0.25, -0.2) is 10.2 Å². The zero-order valence-electron chi connectivity index (χ0n) is 19.3. The molecule has 0 aromatic heterocycles. The molecule has 3 rings (SSSR count). The second-order valence-corrected chi connectivity index (χ2v) is 7.26. The smallest absolute Gasteiger partial charge is 0.350 e. The molecule has 0 aliphatic heterocycles. The Hall–Kier alpha value is -5.57. The number of amides is 2. The van der Waals surface area contributed by atoms with Crippen molar-refractivity contribution in [2.24, 2.45) is 5.10 Å². The van der Waals surface area contributed by atoms with E-state index in [1.165, 1.54) is 55.8 Å². The number of rotatable bonds is 8. The maximum Gasteiger partial charge on any atom is 0.350 e. The number of ether oxygens (including phenoxy) is 2. The van der Waals surface area contributed by atoms with Gasteiger partial charge in [-0.05, 0) is 47.5 Å². The highest BCUT2D eigenvalue weighted by Gasteiger charge is 2.22. The van der Waals surface area contributed by atoms with Crippen LogP contribution in [-0.4, -0.2) is 36.0 Å². The average Bonchev–Trinajstić information content (AvgIpc) is 2.90. The van der Waals surface area contributed by atoms with E-state index in [0.29, 0.717) is 11.3 Å². The van der Waals surface area contributed by atoms with Gasteiger partial charge in [-0.15, -0.1) is 0 Å². The fourth-order valence-corrected chi connectivity index (χ4v) is 3.01. The molecule has 0 saturated heterocycles. The van der Waals surface area contributed by atoms with E-state index in [9.17, 15) is 24.5 Å². The van der Waals surface area contributed by atoms with Crippen LogP contribution >= 0.6 is 0 Å². The second kappa shape index (κ2) is 12.2. The SMILES string of the molecule is COc1cc(/C=N/NC(=O)C(=O)Nc2ccc(CC#N)cc2)ccc1OC(=O)c1ccccc1[N+](=O)[O-]. The summed E-state index contributed by atoms with van der Waals surface area (Å²) in [6.45, 7) is 0. The molecule has 0 heterocycles. The first kappa shape index (κ1) is 26.0. The molecule has 12 heteroatoms. The predicted molar refractivity (Wildman–Crippen MR) is 131 cm³/mol. The van der Waals surface area contributed by atoms with Crippen molar-refractivity contribution in [2.75, 3.05) is 12.4 Å². The Labute approximate surface area is 210 Å². The molecule has 3 aromatic carbocycles. The monoisotopic (exact) mass is 501 g/mol. The number of carbonyl (C=O) groups excluding carboxylic acids is 3. The fourth-order valence-electron chi connectivity index (χ4n) is 3.01. The summed E-state index contributed by atoms with van der Waals surface area (Å²) in [7, 11) is 1.33. The Morgan fingerprint density at radius 2 is 1.78 bits per heavy atom. The summed E-state index contributed by atoms with van der Waals surface area (Å²) >= 11 is 0. The van der Waals surface area contributed by atoms with Gasteiger partial charge in [0.1, 0.15) is 5.56 Å². The lowest BCUT2D eigenvalue weighted by Gasteiger charge is -2.10. The molecule has 0 atom stereocenters. The van der Waals surface area contributed by atoms with Crippen LogP contribution in [-0.2, 0) is 16.0 Å². The van der Waals surface area contributed by atoms with Gasteiger partial charge in [0.15, 0.2) is 11.5 Å². The molecule has 0 unspecified atom stereocenters. The van der Waals surface area contributed by atoms with Crippen molar-refractivity contribution in [1.82, 2.24) is 5.43 Å². The van der Waals surface area contributed by atoms with Crippen molar-refractivity contribution in [3.05, 3.63) is 93.5 Å². The van der Waals surface area contributed by atoms with E-state index < -0.39 is 28.4 Å². The van der Waals surface area contributed by atoms with Gasteiger partial charge in [0, 0.05) is 11.8 Å². The van der Waals surface area contributed by atoms with E-state index in [4.69, 9.17) is 14.7 Å². The molecule has 37 heavy (non-hydrogen) atoms. The summed E-state index contributed by atoms with van der Waals surface area (Å²) in [4.78, 5) is 47.0. The number of nitrogens with zero attached hydrogens (tertiary/aromatic N) is 3. The highest BCUT2D eigenvalue weighted by atomic mass is 16.6. The van der Waals surface area contributed by atoms with E-state index in [2.05, 4.69) is 15.8 Å². The molecule has 0 saturated carbocycles. The largest absolute Gasteiger partial charge is 0.493 e. The van der Waals surface area contributed by atoms with Crippen molar-refractivity contribution in [3.63, 3.8) is 0 Å². The lowest BCUT2D eigenvalue weighted by molar-refractivity contribution is -0.385. The van der Waals surface area contributed by atoms with Crippen LogP contribution in [0.2, 0.25) is 0 Å². The Bertz CT molecular complexity index is 1410. The number of hydrogen-bond acceptors (Lipinski definition) is 9. The summed E-state index contributed by atoms with van der Waals surface area (Å²) in [6, 6.07) is 18.1. The number of nitrogens with one attached hydrogen (secondary N) is 2.